The summed E-state index contributed by atoms with van der Waals surface area (Å²) in [6.07, 6.45) is 5.44. The number of aromatic nitrogens is 2. The summed E-state index contributed by atoms with van der Waals surface area (Å²) in [7, 11) is 0. The number of rotatable bonds is 3. The number of carbonyl (C=O) groups excluding carboxylic acids is 1. The van der Waals surface area contributed by atoms with Gasteiger partial charge in [0.1, 0.15) is 5.82 Å². The molecular formula is C20H26ClN3O. The minimum absolute atomic E-state index is 0.0911. The van der Waals surface area contributed by atoms with E-state index >= 15 is 0 Å². The van der Waals surface area contributed by atoms with Crippen LogP contribution >= 0.6 is 11.6 Å². The molecule has 134 valence electrons. The van der Waals surface area contributed by atoms with E-state index in [1.54, 1.807) is 4.68 Å². The Morgan fingerprint density at radius 3 is 2.52 bits per heavy atom. The van der Waals surface area contributed by atoms with E-state index in [1.807, 2.05) is 30.3 Å². The SMILES string of the molecule is CC(C)(C)c1cc(NC(=O)C2CCCCC2)n(-c2ccccc2Cl)n1. The van der Waals surface area contributed by atoms with Gasteiger partial charge in [0.15, 0.2) is 0 Å². The zero-order valence-corrected chi connectivity index (χ0v) is 15.9. The molecule has 0 spiro atoms. The highest BCUT2D eigenvalue weighted by Crippen LogP contribution is 2.30. The fraction of sp³-hybridized carbons (Fsp3) is 0.500. The summed E-state index contributed by atoms with van der Waals surface area (Å²) < 4.78 is 1.75. The van der Waals surface area contributed by atoms with Crippen LogP contribution in [-0.2, 0) is 10.2 Å². The lowest BCUT2D eigenvalue weighted by molar-refractivity contribution is -0.120. The molecule has 2 aromatic rings. The lowest BCUT2D eigenvalue weighted by Gasteiger charge is -2.21. The van der Waals surface area contributed by atoms with Crippen LogP contribution in [0.25, 0.3) is 5.69 Å². The molecule has 1 aromatic carbocycles. The van der Waals surface area contributed by atoms with E-state index < -0.39 is 0 Å². The van der Waals surface area contributed by atoms with Crippen molar-refractivity contribution in [2.24, 2.45) is 5.92 Å². The van der Waals surface area contributed by atoms with Crippen LogP contribution in [0, 0.1) is 5.92 Å². The Balaban J connectivity index is 1.95. The predicted molar refractivity (Wildman–Crippen MR) is 102 cm³/mol. The van der Waals surface area contributed by atoms with Crippen molar-refractivity contribution in [3.8, 4) is 5.69 Å². The van der Waals surface area contributed by atoms with Crippen molar-refractivity contribution in [2.75, 3.05) is 5.32 Å². The second kappa shape index (κ2) is 7.20. The summed E-state index contributed by atoms with van der Waals surface area (Å²) in [6.45, 7) is 6.33. The Bertz CT molecular complexity index is 755. The van der Waals surface area contributed by atoms with E-state index in [4.69, 9.17) is 16.7 Å². The maximum atomic E-state index is 12.7. The number of nitrogens with one attached hydrogen (secondary N) is 1. The lowest BCUT2D eigenvalue weighted by atomic mass is 9.88. The first-order chi connectivity index (χ1) is 11.9. The number of amides is 1. The number of nitrogens with zero attached hydrogens (tertiary/aromatic N) is 2. The molecule has 4 nitrogen and oxygen atoms in total. The molecule has 0 saturated heterocycles. The molecule has 0 atom stereocenters. The summed E-state index contributed by atoms with van der Waals surface area (Å²) >= 11 is 6.37. The summed E-state index contributed by atoms with van der Waals surface area (Å²) in [5.41, 5.74) is 1.58. The normalized spacial score (nSPS) is 16.0. The van der Waals surface area contributed by atoms with Crippen molar-refractivity contribution in [1.82, 2.24) is 9.78 Å². The Morgan fingerprint density at radius 2 is 1.88 bits per heavy atom. The lowest BCUT2D eigenvalue weighted by Crippen LogP contribution is -2.25. The molecule has 0 bridgehead atoms. The van der Waals surface area contributed by atoms with E-state index in [2.05, 4.69) is 26.1 Å². The average molecular weight is 360 g/mol. The number of carbonyl (C=O) groups is 1. The van der Waals surface area contributed by atoms with Crippen LogP contribution in [0.5, 0.6) is 0 Å². The molecule has 1 aromatic heterocycles. The zero-order valence-electron chi connectivity index (χ0n) is 15.2. The average Bonchev–Trinajstić information content (AvgIpc) is 3.00. The first kappa shape index (κ1) is 18.0. The molecule has 1 heterocycles. The highest BCUT2D eigenvalue weighted by molar-refractivity contribution is 6.32. The molecule has 0 unspecified atom stereocenters. The van der Waals surface area contributed by atoms with E-state index in [9.17, 15) is 4.79 Å². The van der Waals surface area contributed by atoms with Crippen LogP contribution < -0.4 is 5.32 Å². The van der Waals surface area contributed by atoms with Gasteiger partial charge in [0.25, 0.3) is 0 Å². The molecule has 1 aliphatic carbocycles. The maximum absolute atomic E-state index is 12.7. The molecule has 25 heavy (non-hydrogen) atoms. The van der Waals surface area contributed by atoms with Gasteiger partial charge < -0.3 is 5.32 Å². The van der Waals surface area contributed by atoms with Gasteiger partial charge in [-0.25, -0.2) is 4.68 Å². The van der Waals surface area contributed by atoms with Gasteiger partial charge in [0.05, 0.1) is 16.4 Å². The molecule has 3 rings (SSSR count). The van der Waals surface area contributed by atoms with Gasteiger partial charge in [0, 0.05) is 17.4 Å². The molecule has 5 heteroatoms. The summed E-state index contributed by atoms with van der Waals surface area (Å²) in [4.78, 5) is 12.7. The van der Waals surface area contributed by atoms with Crippen molar-refractivity contribution >= 4 is 23.3 Å². The summed E-state index contributed by atoms with van der Waals surface area (Å²) in [6, 6.07) is 9.52. The molecule has 0 radical (unpaired) electrons. The van der Waals surface area contributed by atoms with Crippen LogP contribution in [0.2, 0.25) is 5.02 Å². The summed E-state index contributed by atoms with van der Waals surface area (Å²) in [5, 5.41) is 8.44. The van der Waals surface area contributed by atoms with Crippen molar-refractivity contribution in [3.63, 3.8) is 0 Å². The van der Waals surface area contributed by atoms with Crippen LogP contribution in [0.1, 0.15) is 58.6 Å². The Hall–Kier alpha value is -1.81. The first-order valence-corrected chi connectivity index (χ1v) is 9.40. The number of halogens is 1. The van der Waals surface area contributed by atoms with E-state index in [-0.39, 0.29) is 17.2 Å². The summed E-state index contributed by atoms with van der Waals surface area (Å²) in [5.74, 6) is 0.878. The van der Waals surface area contributed by atoms with Gasteiger partial charge in [-0.3, -0.25) is 4.79 Å². The van der Waals surface area contributed by atoms with E-state index in [0.29, 0.717) is 10.8 Å². The van der Waals surface area contributed by atoms with Gasteiger partial charge in [0.2, 0.25) is 5.91 Å². The smallest absolute Gasteiger partial charge is 0.228 e. The van der Waals surface area contributed by atoms with Crippen LogP contribution in [0.15, 0.2) is 30.3 Å². The van der Waals surface area contributed by atoms with Crippen molar-refractivity contribution < 1.29 is 4.79 Å². The van der Waals surface area contributed by atoms with Crippen LogP contribution in [0.3, 0.4) is 0 Å². The number of hydrogen-bond donors (Lipinski definition) is 1. The monoisotopic (exact) mass is 359 g/mol. The van der Waals surface area contributed by atoms with Crippen molar-refractivity contribution in [3.05, 3.63) is 41.0 Å². The number of anilines is 1. The molecular weight excluding hydrogens is 334 g/mol. The van der Waals surface area contributed by atoms with Gasteiger partial charge in [-0.1, -0.05) is 63.8 Å². The van der Waals surface area contributed by atoms with Gasteiger partial charge in [-0.2, -0.15) is 5.10 Å². The Labute approximate surface area is 154 Å². The molecule has 0 aliphatic heterocycles. The van der Waals surface area contributed by atoms with Gasteiger partial charge >= 0.3 is 0 Å². The fourth-order valence-corrected chi connectivity index (χ4v) is 3.45. The van der Waals surface area contributed by atoms with Crippen LogP contribution in [-0.4, -0.2) is 15.7 Å². The van der Waals surface area contributed by atoms with E-state index in [0.717, 1.165) is 37.1 Å². The minimum atomic E-state index is -0.114. The van der Waals surface area contributed by atoms with Gasteiger partial charge in [-0.05, 0) is 25.0 Å². The zero-order chi connectivity index (χ0) is 18.0. The maximum Gasteiger partial charge on any atom is 0.228 e. The minimum Gasteiger partial charge on any atom is -0.310 e. The Morgan fingerprint density at radius 1 is 1.20 bits per heavy atom. The second-order valence-corrected chi connectivity index (χ2v) is 8.26. The number of benzene rings is 1. The number of para-hydroxylation sites is 1. The van der Waals surface area contributed by atoms with Crippen molar-refractivity contribution in [2.45, 2.75) is 58.3 Å². The molecule has 1 saturated carbocycles. The third-order valence-corrected chi connectivity index (χ3v) is 5.11. The third kappa shape index (κ3) is 4.06. The van der Waals surface area contributed by atoms with E-state index in [1.165, 1.54) is 6.42 Å². The molecule has 1 fully saturated rings. The fourth-order valence-electron chi connectivity index (χ4n) is 3.24. The highest BCUT2D eigenvalue weighted by Gasteiger charge is 2.25. The first-order valence-electron chi connectivity index (χ1n) is 9.02. The predicted octanol–water partition coefficient (Wildman–Crippen LogP) is 5.34. The second-order valence-electron chi connectivity index (χ2n) is 7.85. The largest absolute Gasteiger partial charge is 0.310 e. The molecule has 1 N–H and O–H groups in total. The quantitative estimate of drug-likeness (QED) is 0.803. The van der Waals surface area contributed by atoms with Gasteiger partial charge in [-0.15, -0.1) is 0 Å². The molecule has 1 amide bonds. The standard InChI is InChI=1S/C20H26ClN3O/c1-20(2,3)17-13-18(22-19(25)14-9-5-4-6-10-14)24(23-17)16-12-8-7-11-15(16)21/h7-8,11-14H,4-6,9-10H2,1-3H3,(H,22,25). The van der Waals surface area contributed by atoms with Crippen molar-refractivity contribution in [1.29, 1.82) is 0 Å². The topological polar surface area (TPSA) is 46.9 Å². The third-order valence-electron chi connectivity index (χ3n) is 4.79. The number of hydrogen-bond acceptors (Lipinski definition) is 2. The van der Waals surface area contributed by atoms with Crippen LogP contribution in [0.4, 0.5) is 5.82 Å². The Kier molecular flexibility index (Phi) is 5.19. The highest BCUT2D eigenvalue weighted by atomic mass is 35.5. The molecule has 1 aliphatic rings.